The summed E-state index contributed by atoms with van der Waals surface area (Å²) in [6.07, 6.45) is 4.39. The molecule has 69 heavy (non-hydrogen) atoms. The molecule has 2 bridgehead atoms. The standard InChI is InChI=1S/C52H64ClN9O6S/c1-30(33-10-12-34(13-11-33)45-31(2)56-29-69-45)58-47(66)43-21-40(63)27-62(43)48(67)32(3)57-44(64)28-61-38-17-18-39(61)26-60(25-38)20-8-9-37-16-14-36(24-55-37)46(65)59-49-51(4,5)50(52(49,6)7)68-41-19-15-35(23-54)42(53)22-41/h10-16,19,22,24,29-30,32,38-40,43,49-50,63H,8-9,17-18,20-21,25-28H2,1-7H3,(H,57,64)(H,58,66)(H,59,65)/t30-,32-,38?,39?,40+,43-,49-,50-/m0/s1. The van der Waals surface area contributed by atoms with E-state index in [0.717, 1.165) is 72.7 Å². The lowest BCUT2D eigenvalue weighted by atomic mass is 9.49. The Kier molecular flexibility index (Phi) is 14.8. The number of carbonyl (C=O) groups is 4. The number of hydrogen-bond donors (Lipinski definition) is 4. The third-order valence-corrected chi connectivity index (χ3v) is 16.1. The minimum atomic E-state index is -0.869. The van der Waals surface area contributed by atoms with Gasteiger partial charge in [-0.15, -0.1) is 11.3 Å². The molecule has 4 fully saturated rings. The van der Waals surface area contributed by atoms with Gasteiger partial charge in [0.15, 0.2) is 0 Å². The van der Waals surface area contributed by atoms with Crippen LogP contribution in [0.15, 0.2) is 66.3 Å². The van der Waals surface area contributed by atoms with Crippen molar-refractivity contribution in [1.82, 2.24) is 40.6 Å². The maximum Gasteiger partial charge on any atom is 0.253 e. The Morgan fingerprint density at radius 3 is 2.30 bits per heavy atom. The van der Waals surface area contributed by atoms with Crippen molar-refractivity contribution in [2.75, 3.05) is 32.7 Å². The van der Waals surface area contributed by atoms with E-state index in [-0.39, 0.29) is 78.3 Å². The van der Waals surface area contributed by atoms with Gasteiger partial charge in [-0.05, 0) is 88.4 Å². The first kappa shape index (κ1) is 50.0. The summed E-state index contributed by atoms with van der Waals surface area (Å²) in [6.45, 7) is 16.6. The van der Waals surface area contributed by atoms with Crippen LogP contribution in [0.25, 0.3) is 10.4 Å². The molecule has 3 aliphatic heterocycles. The Labute approximate surface area is 414 Å². The van der Waals surface area contributed by atoms with Gasteiger partial charge in [-0.3, -0.25) is 29.1 Å². The zero-order valence-electron chi connectivity index (χ0n) is 40.5. The van der Waals surface area contributed by atoms with Gasteiger partial charge in [-0.25, -0.2) is 4.98 Å². The fourth-order valence-electron chi connectivity index (χ4n) is 11.5. The number of hydrogen-bond acceptors (Lipinski definition) is 12. The number of rotatable bonds is 16. The molecule has 366 valence electrons. The number of carbonyl (C=O) groups excluding carboxylic acids is 4. The van der Waals surface area contributed by atoms with E-state index in [1.165, 1.54) is 4.90 Å². The van der Waals surface area contributed by atoms with Crippen LogP contribution >= 0.6 is 22.9 Å². The number of aliphatic hydroxyl groups excluding tert-OH is 1. The molecule has 0 spiro atoms. The van der Waals surface area contributed by atoms with Gasteiger partial charge >= 0.3 is 0 Å². The molecule has 17 heteroatoms. The molecular weight excluding hydrogens is 914 g/mol. The molecule has 4 N–H and O–H groups in total. The van der Waals surface area contributed by atoms with E-state index in [2.05, 4.69) is 69.5 Å². The van der Waals surface area contributed by atoms with Crippen molar-refractivity contribution in [2.45, 2.75) is 129 Å². The highest BCUT2D eigenvalue weighted by Crippen LogP contribution is 2.55. The zero-order chi connectivity index (χ0) is 49.4. The first-order valence-electron chi connectivity index (χ1n) is 24.0. The summed E-state index contributed by atoms with van der Waals surface area (Å²) in [6, 6.07) is 17.1. The summed E-state index contributed by atoms with van der Waals surface area (Å²) in [5.74, 6) is -0.578. The van der Waals surface area contributed by atoms with Crippen LogP contribution in [-0.4, -0.2) is 129 Å². The van der Waals surface area contributed by atoms with Gasteiger partial charge in [0, 0.05) is 73.0 Å². The van der Waals surface area contributed by atoms with Gasteiger partial charge in [0.05, 0.1) is 50.9 Å². The number of nitrogens with one attached hydrogen (secondary N) is 3. The minimum Gasteiger partial charge on any atom is -0.489 e. The highest BCUT2D eigenvalue weighted by Gasteiger charge is 2.64. The van der Waals surface area contributed by atoms with Gasteiger partial charge in [0.2, 0.25) is 17.7 Å². The first-order chi connectivity index (χ1) is 32.8. The zero-order valence-corrected chi connectivity index (χ0v) is 42.1. The number of pyridine rings is 1. The van der Waals surface area contributed by atoms with Crippen LogP contribution in [0.5, 0.6) is 5.75 Å². The second-order valence-electron chi connectivity index (χ2n) is 20.6. The molecule has 2 aromatic carbocycles. The number of amides is 4. The van der Waals surface area contributed by atoms with Crippen molar-refractivity contribution in [2.24, 2.45) is 10.8 Å². The van der Waals surface area contributed by atoms with Gasteiger partial charge < -0.3 is 35.6 Å². The topological polar surface area (TPSA) is 193 Å². The predicted octanol–water partition coefficient (Wildman–Crippen LogP) is 6.08. The second kappa shape index (κ2) is 20.5. The highest BCUT2D eigenvalue weighted by molar-refractivity contribution is 7.13. The Morgan fingerprint density at radius 2 is 1.68 bits per heavy atom. The predicted molar refractivity (Wildman–Crippen MR) is 264 cm³/mol. The monoisotopic (exact) mass is 977 g/mol. The van der Waals surface area contributed by atoms with Crippen LogP contribution in [-0.2, 0) is 20.8 Å². The molecule has 1 aliphatic carbocycles. The molecule has 1 saturated carbocycles. The molecule has 5 heterocycles. The Balaban J connectivity index is 0.757. The number of halogens is 1. The first-order valence-corrected chi connectivity index (χ1v) is 25.3. The molecular formula is C52H64ClN9O6S. The van der Waals surface area contributed by atoms with E-state index in [4.69, 9.17) is 16.3 Å². The highest BCUT2D eigenvalue weighted by atomic mass is 35.5. The van der Waals surface area contributed by atoms with E-state index in [1.807, 2.05) is 55.8 Å². The average molecular weight is 979 g/mol. The van der Waals surface area contributed by atoms with Gasteiger partial charge in [0.25, 0.3) is 5.91 Å². The molecule has 3 saturated heterocycles. The molecule has 4 aliphatic rings. The maximum absolute atomic E-state index is 13.7. The van der Waals surface area contributed by atoms with Crippen LogP contribution in [0, 0.1) is 29.1 Å². The SMILES string of the molecule is Cc1ncsc1-c1ccc([C@H](C)NC(=O)[C@@H]2C[C@@H](O)CN2C(=O)[C@H](C)NC(=O)CN2C3CCC2CN(CCCc2ccc(C(=O)N[C@H]4C(C)(C)[C@H](Oc5ccc(C#N)c(Cl)c5)C4(C)C)cn2)C3)cc1. The lowest BCUT2D eigenvalue weighted by Crippen LogP contribution is -2.74. The van der Waals surface area contributed by atoms with E-state index < -0.39 is 24.1 Å². The number of benzene rings is 2. The van der Waals surface area contributed by atoms with Crippen LogP contribution in [0.2, 0.25) is 5.02 Å². The third-order valence-electron chi connectivity index (χ3n) is 14.8. The summed E-state index contributed by atoms with van der Waals surface area (Å²) in [4.78, 5) is 70.4. The minimum absolute atomic E-state index is 0.0228. The van der Waals surface area contributed by atoms with E-state index >= 15 is 0 Å². The summed E-state index contributed by atoms with van der Waals surface area (Å²) < 4.78 is 6.37. The lowest BCUT2D eigenvalue weighted by molar-refractivity contribution is -0.164. The lowest BCUT2D eigenvalue weighted by Gasteiger charge is -2.63. The van der Waals surface area contributed by atoms with E-state index in [0.29, 0.717) is 21.9 Å². The quantitative estimate of drug-likeness (QED) is 0.102. The Morgan fingerprint density at radius 1 is 0.971 bits per heavy atom. The van der Waals surface area contributed by atoms with Crippen molar-refractivity contribution in [3.8, 4) is 22.3 Å². The van der Waals surface area contributed by atoms with Crippen LogP contribution in [0.3, 0.4) is 0 Å². The number of nitriles is 1. The molecule has 4 amide bonds. The number of aromatic nitrogens is 2. The van der Waals surface area contributed by atoms with Crippen LogP contribution < -0.4 is 20.7 Å². The second-order valence-corrected chi connectivity index (χ2v) is 21.8. The molecule has 8 rings (SSSR count). The molecule has 2 unspecified atom stereocenters. The molecule has 4 aromatic rings. The van der Waals surface area contributed by atoms with Crippen molar-refractivity contribution >= 4 is 46.6 Å². The Bertz CT molecular complexity index is 2550. The fourth-order valence-corrected chi connectivity index (χ4v) is 12.5. The van der Waals surface area contributed by atoms with Crippen molar-refractivity contribution in [1.29, 1.82) is 5.26 Å². The normalized spacial score (nSPS) is 24.7. The maximum atomic E-state index is 13.7. The number of nitrogens with zero attached hydrogens (tertiary/aromatic N) is 6. The number of ether oxygens (including phenoxy) is 1. The van der Waals surface area contributed by atoms with Crippen molar-refractivity contribution in [3.05, 3.63) is 99.4 Å². The largest absolute Gasteiger partial charge is 0.489 e. The molecule has 15 nitrogen and oxygen atoms in total. The van der Waals surface area contributed by atoms with E-state index in [9.17, 15) is 29.5 Å². The summed E-state index contributed by atoms with van der Waals surface area (Å²) in [5, 5.41) is 29.3. The average Bonchev–Trinajstić information content (AvgIpc) is 4.00. The number of aryl methyl sites for hydroxylation is 2. The summed E-state index contributed by atoms with van der Waals surface area (Å²) in [7, 11) is 0. The number of aliphatic hydroxyl groups is 1. The smallest absolute Gasteiger partial charge is 0.253 e. The summed E-state index contributed by atoms with van der Waals surface area (Å²) in [5.41, 5.74) is 5.81. The van der Waals surface area contributed by atoms with Gasteiger partial charge in [0.1, 0.15) is 30.0 Å². The third kappa shape index (κ3) is 10.7. The van der Waals surface area contributed by atoms with Crippen LogP contribution in [0.4, 0.5) is 0 Å². The molecule has 6 atom stereocenters. The number of β-amino-alcohol motifs (C(OH)–C–C–N with tert-alkyl or cyclic N) is 1. The van der Waals surface area contributed by atoms with Crippen LogP contribution in [0.1, 0.15) is 106 Å². The summed E-state index contributed by atoms with van der Waals surface area (Å²) >= 11 is 7.84. The Hall–Kier alpha value is -5.44. The molecule has 2 aromatic heterocycles. The van der Waals surface area contributed by atoms with E-state index in [1.54, 1.807) is 42.7 Å². The fraction of sp³-hybridized carbons (Fsp3) is 0.519. The number of fused-ring (bicyclic) bond motifs is 2. The number of piperazine rings is 1. The van der Waals surface area contributed by atoms with Crippen molar-refractivity contribution in [3.63, 3.8) is 0 Å². The van der Waals surface area contributed by atoms with Gasteiger partial charge in [-0.2, -0.15) is 5.26 Å². The van der Waals surface area contributed by atoms with Gasteiger partial charge in [-0.1, -0.05) is 63.6 Å². The number of likely N-dealkylation sites (tertiary alicyclic amines) is 2. The molecule has 0 radical (unpaired) electrons. The van der Waals surface area contributed by atoms with Crippen molar-refractivity contribution < 1.29 is 29.0 Å². The number of thiazole rings is 1.